The van der Waals surface area contributed by atoms with Crippen LogP contribution < -0.4 is 4.90 Å². The lowest BCUT2D eigenvalue weighted by Gasteiger charge is -2.33. The number of piperazine rings is 1. The second kappa shape index (κ2) is 11.9. The van der Waals surface area contributed by atoms with Gasteiger partial charge in [0.1, 0.15) is 0 Å². The van der Waals surface area contributed by atoms with E-state index in [9.17, 15) is 18.0 Å². The molecule has 0 atom stereocenters. The van der Waals surface area contributed by atoms with Crippen molar-refractivity contribution in [2.24, 2.45) is 0 Å². The second-order valence-corrected chi connectivity index (χ2v) is 12.7. The third-order valence-electron chi connectivity index (χ3n) is 7.12. The Kier molecular flexibility index (Phi) is 8.34. The van der Waals surface area contributed by atoms with Crippen LogP contribution in [0.4, 0.5) is 9.93 Å². The van der Waals surface area contributed by atoms with Crippen molar-refractivity contribution in [2.45, 2.75) is 32.2 Å². The molecular formula is C29H31N5O5S2. The fraction of sp³-hybridized carbons (Fsp3) is 0.310. The van der Waals surface area contributed by atoms with Gasteiger partial charge in [-0.2, -0.15) is 4.31 Å². The third-order valence-corrected chi connectivity index (χ3v) is 10.1. The number of thiazole rings is 1. The van der Waals surface area contributed by atoms with Crippen molar-refractivity contribution in [3.8, 4) is 0 Å². The minimum atomic E-state index is -3.80. The number of benzene rings is 2. The number of pyridine rings is 1. The number of nitrogens with zero attached hydrogens (tertiary/aromatic N) is 5. The van der Waals surface area contributed by atoms with Gasteiger partial charge in [0, 0.05) is 44.1 Å². The van der Waals surface area contributed by atoms with Gasteiger partial charge in [0.05, 0.1) is 28.3 Å². The molecule has 0 radical (unpaired) electrons. The molecule has 2 amide bonds. The molecule has 1 fully saturated rings. The third kappa shape index (κ3) is 5.95. The molecule has 0 unspecified atom stereocenters. The molecule has 1 aliphatic rings. The highest BCUT2D eigenvalue weighted by molar-refractivity contribution is 7.89. The summed E-state index contributed by atoms with van der Waals surface area (Å²) in [6.07, 6.45) is 2.94. The van der Waals surface area contributed by atoms with E-state index in [-0.39, 0.29) is 50.1 Å². The maximum Gasteiger partial charge on any atom is 0.409 e. The van der Waals surface area contributed by atoms with Crippen molar-refractivity contribution in [3.63, 3.8) is 0 Å². The van der Waals surface area contributed by atoms with Crippen LogP contribution in [0.25, 0.3) is 10.2 Å². The molecule has 10 nitrogen and oxygen atoms in total. The summed E-state index contributed by atoms with van der Waals surface area (Å²) in [5.74, 6) is -0.297. The molecule has 2 aromatic carbocycles. The largest absolute Gasteiger partial charge is 0.450 e. The Morgan fingerprint density at radius 2 is 1.76 bits per heavy atom. The summed E-state index contributed by atoms with van der Waals surface area (Å²) in [4.78, 5) is 38.0. The number of sulfonamides is 1. The number of fused-ring (bicyclic) bond motifs is 1. The number of hydrogen-bond acceptors (Lipinski definition) is 8. The summed E-state index contributed by atoms with van der Waals surface area (Å²) >= 11 is 1.44. The van der Waals surface area contributed by atoms with E-state index in [0.29, 0.717) is 10.7 Å². The number of rotatable bonds is 7. The van der Waals surface area contributed by atoms with E-state index in [1.807, 2.05) is 38.1 Å². The molecule has 4 aromatic rings. The van der Waals surface area contributed by atoms with Gasteiger partial charge in [-0.25, -0.2) is 18.2 Å². The SMILES string of the molecule is CCOC(=O)N1CCN(S(=O)(=O)c2ccc(C(=O)N(Cc3cccnc3)c3nc4c(C)c(C)ccc4s3)cc2)CC1. The lowest BCUT2D eigenvalue weighted by Crippen LogP contribution is -2.50. The van der Waals surface area contributed by atoms with Gasteiger partial charge in [-0.15, -0.1) is 0 Å². The molecule has 0 saturated carbocycles. The van der Waals surface area contributed by atoms with Crippen molar-refractivity contribution in [2.75, 3.05) is 37.7 Å². The summed E-state index contributed by atoms with van der Waals surface area (Å²) in [7, 11) is -3.80. The number of aromatic nitrogens is 2. The number of anilines is 1. The highest BCUT2D eigenvalue weighted by Crippen LogP contribution is 2.33. The van der Waals surface area contributed by atoms with Crippen molar-refractivity contribution in [1.82, 2.24) is 19.2 Å². The lowest BCUT2D eigenvalue weighted by atomic mass is 10.1. The molecule has 3 heterocycles. The van der Waals surface area contributed by atoms with E-state index in [1.165, 1.54) is 44.8 Å². The van der Waals surface area contributed by atoms with Crippen molar-refractivity contribution < 1.29 is 22.7 Å². The first-order valence-corrected chi connectivity index (χ1v) is 15.5. The average molecular weight is 594 g/mol. The number of ether oxygens (including phenoxy) is 1. The van der Waals surface area contributed by atoms with E-state index < -0.39 is 16.1 Å². The topological polar surface area (TPSA) is 113 Å². The van der Waals surface area contributed by atoms with Crippen LogP contribution in [0.5, 0.6) is 0 Å². The molecule has 0 aliphatic carbocycles. The van der Waals surface area contributed by atoms with Crippen LogP contribution >= 0.6 is 11.3 Å². The highest BCUT2D eigenvalue weighted by atomic mass is 32.2. The Balaban J connectivity index is 1.39. The Hall–Kier alpha value is -3.87. The quantitative estimate of drug-likeness (QED) is 0.307. The van der Waals surface area contributed by atoms with Crippen molar-refractivity contribution >= 4 is 48.7 Å². The maximum absolute atomic E-state index is 13.9. The molecule has 5 rings (SSSR count). The molecule has 12 heteroatoms. The van der Waals surface area contributed by atoms with Gasteiger partial charge in [0.25, 0.3) is 5.91 Å². The number of aryl methyl sites for hydroxylation is 2. The predicted octanol–water partition coefficient (Wildman–Crippen LogP) is 4.62. The molecule has 1 saturated heterocycles. The summed E-state index contributed by atoms with van der Waals surface area (Å²) in [6.45, 7) is 7.13. The summed E-state index contributed by atoms with van der Waals surface area (Å²) in [6, 6.07) is 13.7. The minimum absolute atomic E-state index is 0.0866. The molecule has 0 spiro atoms. The molecule has 0 bridgehead atoms. The van der Waals surface area contributed by atoms with Crippen LogP contribution in [0.3, 0.4) is 0 Å². The monoisotopic (exact) mass is 593 g/mol. The zero-order valence-corrected chi connectivity index (χ0v) is 24.7. The summed E-state index contributed by atoms with van der Waals surface area (Å²) in [5.41, 5.74) is 4.23. The Labute approximate surface area is 243 Å². The lowest BCUT2D eigenvalue weighted by molar-refractivity contribution is 0.0933. The van der Waals surface area contributed by atoms with E-state index in [2.05, 4.69) is 4.98 Å². The molecule has 214 valence electrons. The summed E-state index contributed by atoms with van der Waals surface area (Å²) in [5, 5.41) is 0.554. The smallest absolute Gasteiger partial charge is 0.409 e. The Morgan fingerprint density at radius 3 is 2.41 bits per heavy atom. The average Bonchev–Trinajstić information content (AvgIpc) is 3.43. The van der Waals surface area contributed by atoms with Crippen molar-refractivity contribution in [1.29, 1.82) is 0 Å². The molecule has 41 heavy (non-hydrogen) atoms. The van der Waals surface area contributed by atoms with Crippen LogP contribution in [0, 0.1) is 13.8 Å². The van der Waals surface area contributed by atoms with Crippen LogP contribution in [0.2, 0.25) is 0 Å². The van der Waals surface area contributed by atoms with Gasteiger partial charge in [-0.05, 0) is 73.9 Å². The Morgan fingerprint density at radius 1 is 1.02 bits per heavy atom. The minimum Gasteiger partial charge on any atom is -0.450 e. The predicted molar refractivity (Wildman–Crippen MR) is 158 cm³/mol. The van der Waals surface area contributed by atoms with Crippen LogP contribution in [0.15, 0.2) is 65.8 Å². The summed E-state index contributed by atoms with van der Waals surface area (Å²) < 4.78 is 34.0. The number of hydrogen-bond donors (Lipinski definition) is 0. The second-order valence-electron chi connectivity index (χ2n) is 9.72. The number of carbonyl (C=O) groups is 2. The van der Waals surface area contributed by atoms with Crippen molar-refractivity contribution in [3.05, 3.63) is 83.2 Å². The van der Waals surface area contributed by atoms with Crippen LogP contribution in [-0.2, 0) is 21.3 Å². The fourth-order valence-electron chi connectivity index (χ4n) is 4.63. The van der Waals surface area contributed by atoms with Crippen LogP contribution in [-0.4, -0.2) is 72.4 Å². The van der Waals surface area contributed by atoms with Gasteiger partial charge in [-0.3, -0.25) is 14.7 Å². The van der Waals surface area contributed by atoms with Gasteiger partial charge in [-0.1, -0.05) is 23.5 Å². The van der Waals surface area contributed by atoms with E-state index >= 15 is 0 Å². The van der Waals surface area contributed by atoms with E-state index in [1.54, 1.807) is 24.2 Å². The molecular weight excluding hydrogens is 562 g/mol. The van der Waals surface area contributed by atoms with Gasteiger partial charge >= 0.3 is 6.09 Å². The zero-order chi connectivity index (χ0) is 29.1. The van der Waals surface area contributed by atoms with Gasteiger partial charge in [0.2, 0.25) is 10.0 Å². The fourth-order valence-corrected chi connectivity index (χ4v) is 7.08. The maximum atomic E-state index is 13.9. The van der Waals surface area contributed by atoms with E-state index in [0.717, 1.165) is 26.9 Å². The standard InChI is InChI=1S/C29H31N5O5S2/c1-4-39-29(36)32-14-16-33(17-15-32)41(37,38)24-10-8-23(9-11-24)27(35)34(19-22-6-5-13-30-18-22)28-31-26-21(3)20(2)7-12-25(26)40-28/h5-13,18H,4,14-17,19H2,1-3H3. The molecule has 1 aliphatic heterocycles. The highest BCUT2D eigenvalue weighted by Gasteiger charge is 2.31. The Bertz CT molecular complexity index is 1670. The number of carbonyl (C=O) groups excluding carboxylic acids is 2. The first kappa shape index (κ1) is 28.7. The molecule has 0 N–H and O–H groups in total. The number of amides is 2. The normalized spacial score (nSPS) is 14.3. The first-order chi connectivity index (χ1) is 19.7. The van der Waals surface area contributed by atoms with E-state index in [4.69, 9.17) is 9.72 Å². The van der Waals surface area contributed by atoms with Crippen LogP contribution in [0.1, 0.15) is 34.0 Å². The molecule has 2 aromatic heterocycles. The first-order valence-electron chi connectivity index (χ1n) is 13.3. The zero-order valence-electron chi connectivity index (χ0n) is 23.1. The van der Waals surface area contributed by atoms with Gasteiger partial charge in [0.15, 0.2) is 5.13 Å². The van der Waals surface area contributed by atoms with Gasteiger partial charge < -0.3 is 9.64 Å².